The molecule has 0 radical (unpaired) electrons. The van der Waals surface area contributed by atoms with Gasteiger partial charge in [0.2, 0.25) is 5.95 Å². The van der Waals surface area contributed by atoms with Crippen molar-refractivity contribution in [2.24, 2.45) is 7.05 Å². The molecule has 3 aromatic rings. The number of hydrogen-bond donors (Lipinski definition) is 3. The van der Waals surface area contributed by atoms with Crippen LogP contribution < -0.4 is 5.32 Å². The van der Waals surface area contributed by atoms with Crippen LogP contribution in [0.4, 0.5) is 5.95 Å². The minimum absolute atomic E-state index is 0.697. The van der Waals surface area contributed by atoms with Gasteiger partial charge >= 0.3 is 11.9 Å². The van der Waals surface area contributed by atoms with Crippen molar-refractivity contribution in [3.05, 3.63) is 70.3 Å². The van der Waals surface area contributed by atoms with Crippen LogP contribution in [0.25, 0.3) is 11.3 Å². The van der Waals surface area contributed by atoms with E-state index in [1.54, 1.807) is 0 Å². The van der Waals surface area contributed by atoms with Gasteiger partial charge in [0, 0.05) is 23.6 Å². The Morgan fingerprint density at radius 1 is 0.964 bits per heavy atom. The van der Waals surface area contributed by atoms with Gasteiger partial charge in [0.25, 0.3) is 0 Å². The normalized spacial score (nSPS) is 9.96. The maximum absolute atomic E-state index is 9.10. The van der Waals surface area contributed by atoms with Crippen molar-refractivity contribution in [3.8, 4) is 11.3 Å². The number of nitrogens with zero attached hydrogens (tertiary/aromatic N) is 2. The van der Waals surface area contributed by atoms with E-state index >= 15 is 0 Å². The molecule has 3 N–H and O–H groups in total. The highest BCUT2D eigenvalue weighted by Crippen LogP contribution is 2.23. The van der Waals surface area contributed by atoms with E-state index in [9.17, 15) is 0 Å². The van der Waals surface area contributed by atoms with Crippen LogP contribution in [-0.2, 0) is 23.2 Å². The molecule has 0 spiro atoms. The fourth-order valence-corrected chi connectivity index (χ4v) is 2.50. The first-order valence-electron chi connectivity index (χ1n) is 8.00. The summed E-state index contributed by atoms with van der Waals surface area (Å²) in [5.74, 6) is -2.83. The van der Waals surface area contributed by atoms with E-state index < -0.39 is 11.9 Å². The summed E-state index contributed by atoms with van der Waals surface area (Å²) in [6.45, 7) is 0.697. The third-order valence-corrected chi connectivity index (χ3v) is 4.18. The van der Waals surface area contributed by atoms with E-state index in [2.05, 4.69) is 10.3 Å². The van der Waals surface area contributed by atoms with Crippen molar-refractivity contribution < 1.29 is 19.8 Å². The zero-order valence-corrected chi connectivity index (χ0v) is 16.3. The van der Waals surface area contributed by atoms with Crippen LogP contribution in [0.5, 0.6) is 0 Å². The van der Waals surface area contributed by atoms with Crippen LogP contribution in [0.1, 0.15) is 5.56 Å². The summed E-state index contributed by atoms with van der Waals surface area (Å²) in [4.78, 5) is 22.6. The molecule has 0 aliphatic heterocycles. The lowest BCUT2D eigenvalue weighted by molar-refractivity contribution is -0.159. The van der Waals surface area contributed by atoms with Crippen LogP contribution in [0.2, 0.25) is 10.0 Å². The molecule has 0 aliphatic rings. The number of aliphatic carboxylic acids is 2. The summed E-state index contributed by atoms with van der Waals surface area (Å²) in [6, 6.07) is 15.5. The Balaban J connectivity index is 0.000000409. The molecule has 0 saturated heterocycles. The van der Waals surface area contributed by atoms with Gasteiger partial charge in [-0.15, -0.1) is 0 Å². The van der Waals surface area contributed by atoms with Gasteiger partial charge in [-0.25, -0.2) is 14.6 Å². The van der Waals surface area contributed by atoms with Gasteiger partial charge in [0.15, 0.2) is 0 Å². The Labute approximate surface area is 171 Å². The lowest BCUT2D eigenvalue weighted by Gasteiger charge is -2.08. The van der Waals surface area contributed by atoms with E-state index in [-0.39, 0.29) is 0 Å². The number of aromatic nitrogens is 2. The predicted octanol–water partition coefficient (Wildman–Crippen LogP) is 4.16. The van der Waals surface area contributed by atoms with Gasteiger partial charge in [-0.3, -0.25) is 0 Å². The van der Waals surface area contributed by atoms with E-state index in [1.165, 1.54) is 0 Å². The van der Waals surface area contributed by atoms with Crippen LogP contribution >= 0.6 is 23.2 Å². The zero-order chi connectivity index (χ0) is 20.7. The molecule has 0 atom stereocenters. The Hall–Kier alpha value is -3.03. The number of halogens is 2. The van der Waals surface area contributed by atoms with Gasteiger partial charge in [0.1, 0.15) is 0 Å². The first-order valence-corrected chi connectivity index (χ1v) is 8.75. The number of anilines is 1. The number of hydrogen-bond acceptors (Lipinski definition) is 4. The van der Waals surface area contributed by atoms with Gasteiger partial charge in [-0.1, -0.05) is 47.5 Å². The topological polar surface area (TPSA) is 104 Å². The number of carbonyl (C=O) groups is 2. The molecule has 9 heteroatoms. The maximum atomic E-state index is 9.10. The summed E-state index contributed by atoms with van der Waals surface area (Å²) >= 11 is 11.8. The first-order chi connectivity index (χ1) is 13.3. The quantitative estimate of drug-likeness (QED) is 0.546. The average molecular weight is 422 g/mol. The fraction of sp³-hybridized carbons (Fsp3) is 0.105. The SMILES string of the molecule is Cn1c(-c2ccc(Cl)cc2)cnc1NCc1ccc(Cl)cc1.O=C(O)C(=O)O. The molecule has 0 bridgehead atoms. The van der Waals surface area contributed by atoms with Crippen LogP contribution in [0.3, 0.4) is 0 Å². The lowest BCUT2D eigenvalue weighted by atomic mass is 10.2. The Morgan fingerprint density at radius 2 is 1.46 bits per heavy atom. The number of benzene rings is 2. The molecule has 146 valence electrons. The molecule has 0 aliphatic carbocycles. The van der Waals surface area contributed by atoms with Crippen LogP contribution in [-0.4, -0.2) is 31.7 Å². The van der Waals surface area contributed by atoms with Gasteiger partial charge in [0.05, 0.1) is 11.9 Å². The van der Waals surface area contributed by atoms with E-state index in [1.807, 2.05) is 66.3 Å². The highest BCUT2D eigenvalue weighted by molar-refractivity contribution is 6.30. The smallest absolute Gasteiger partial charge is 0.414 e. The number of carboxylic acid groups (broad SMARTS) is 2. The molecular formula is C19H17Cl2N3O4. The van der Waals surface area contributed by atoms with E-state index in [0.29, 0.717) is 6.54 Å². The minimum atomic E-state index is -1.82. The van der Waals surface area contributed by atoms with Crippen molar-refractivity contribution in [3.63, 3.8) is 0 Å². The molecule has 0 amide bonds. The monoisotopic (exact) mass is 421 g/mol. The Kier molecular flexibility index (Phi) is 7.43. The van der Waals surface area contributed by atoms with Crippen molar-refractivity contribution >= 4 is 41.1 Å². The highest BCUT2D eigenvalue weighted by Gasteiger charge is 2.08. The lowest BCUT2D eigenvalue weighted by Crippen LogP contribution is -2.09. The molecule has 0 unspecified atom stereocenters. The number of carboxylic acids is 2. The molecule has 1 heterocycles. The summed E-state index contributed by atoms with van der Waals surface area (Å²) < 4.78 is 2.03. The highest BCUT2D eigenvalue weighted by atomic mass is 35.5. The van der Waals surface area contributed by atoms with Crippen molar-refractivity contribution in [1.82, 2.24) is 9.55 Å². The molecule has 0 fully saturated rings. The molecule has 2 aromatic carbocycles. The van der Waals surface area contributed by atoms with E-state index in [0.717, 1.165) is 32.8 Å². The van der Waals surface area contributed by atoms with Crippen molar-refractivity contribution in [1.29, 1.82) is 0 Å². The van der Waals surface area contributed by atoms with E-state index in [4.69, 9.17) is 43.0 Å². The molecule has 1 aromatic heterocycles. The largest absolute Gasteiger partial charge is 0.473 e. The third kappa shape index (κ3) is 6.00. The zero-order valence-electron chi connectivity index (χ0n) is 14.8. The van der Waals surface area contributed by atoms with Crippen LogP contribution in [0, 0.1) is 0 Å². The third-order valence-electron chi connectivity index (χ3n) is 3.68. The first kappa shape index (κ1) is 21.3. The van der Waals surface area contributed by atoms with Crippen molar-refractivity contribution in [2.75, 3.05) is 5.32 Å². The molecule has 0 saturated carbocycles. The Morgan fingerprint density at radius 3 is 1.96 bits per heavy atom. The number of rotatable bonds is 4. The van der Waals surface area contributed by atoms with Gasteiger partial charge < -0.3 is 20.1 Å². The summed E-state index contributed by atoms with van der Waals surface area (Å²) in [5, 5.41) is 19.6. The molecule has 7 nitrogen and oxygen atoms in total. The average Bonchev–Trinajstić information content (AvgIpc) is 3.03. The van der Waals surface area contributed by atoms with Crippen molar-refractivity contribution in [2.45, 2.75) is 6.54 Å². The fourth-order valence-electron chi connectivity index (χ4n) is 2.25. The number of nitrogens with one attached hydrogen (secondary N) is 1. The van der Waals surface area contributed by atoms with Crippen LogP contribution in [0.15, 0.2) is 54.7 Å². The minimum Gasteiger partial charge on any atom is -0.473 e. The second kappa shape index (κ2) is 9.77. The second-order valence-electron chi connectivity index (χ2n) is 5.62. The Bertz CT molecular complexity index is 942. The molecular weight excluding hydrogens is 405 g/mol. The molecule has 3 rings (SSSR count). The predicted molar refractivity (Wildman–Crippen MR) is 108 cm³/mol. The standard InChI is InChI=1S/C17H15Cl2N3.C2H2O4/c1-22-16(13-4-8-15(19)9-5-13)11-21-17(22)20-10-12-2-6-14(18)7-3-12;3-1(4)2(5)6/h2-9,11H,10H2,1H3,(H,20,21);(H,3,4)(H,5,6). The second-order valence-corrected chi connectivity index (χ2v) is 6.50. The summed E-state index contributed by atoms with van der Waals surface area (Å²) in [6.07, 6.45) is 1.85. The van der Waals surface area contributed by atoms with Gasteiger partial charge in [-0.2, -0.15) is 0 Å². The maximum Gasteiger partial charge on any atom is 0.414 e. The molecule has 28 heavy (non-hydrogen) atoms. The summed E-state index contributed by atoms with van der Waals surface area (Å²) in [5.41, 5.74) is 3.27. The van der Waals surface area contributed by atoms with Gasteiger partial charge in [-0.05, 0) is 35.4 Å². The number of imidazole rings is 1. The summed E-state index contributed by atoms with van der Waals surface area (Å²) in [7, 11) is 1.99.